The third-order valence-electron chi connectivity index (χ3n) is 6.96. The highest BCUT2D eigenvalue weighted by Gasteiger charge is 2.52. The van der Waals surface area contributed by atoms with Crippen molar-refractivity contribution in [2.75, 3.05) is 18.9 Å². The van der Waals surface area contributed by atoms with Crippen molar-refractivity contribution in [3.8, 4) is 22.9 Å². The van der Waals surface area contributed by atoms with Gasteiger partial charge in [-0.25, -0.2) is 9.67 Å². The number of hydrogen-bond acceptors (Lipinski definition) is 7. The first-order valence-corrected chi connectivity index (χ1v) is 12.4. The van der Waals surface area contributed by atoms with Crippen LogP contribution in [0.15, 0.2) is 54.7 Å². The molecule has 0 radical (unpaired) electrons. The van der Waals surface area contributed by atoms with Gasteiger partial charge in [-0.05, 0) is 56.0 Å². The largest absolute Gasteiger partial charge is 0.439 e. The van der Waals surface area contributed by atoms with E-state index in [9.17, 15) is 9.59 Å². The maximum absolute atomic E-state index is 12.8. The molecule has 2 aromatic heterocycles. The van der Waals surface area contributed by atoms with Gasteiger partial charge in [0.25, 0.3) is 5.91 Å². The van der Waals surface area contributed by atoms with E-state index >= 15 is 0 Å². The van der Waals surface area contributed by atoms with Crippen molar-refractivity contribution in [2.45, 2.75) is 37.3 Å². The highest BCUT2D eigenvalue weighted by Crippen LogP contribution is 2.50. The molecule has 1 aliphatic heterocycles. The molecule has 2 amide bonds. The number of nitrogens with two attached hydrogens (primary N) is 2. The topological polar surface area (TPSA) is 150 Å². The summed E-state index contributed by atoms with van der Waals surface area (Å²) in [6, 6.07) is 10.1. The number of carbonyl (C=O) groups is 2. The number of ether oxygens (including phenoxy) is 1. The first-order valence-electron chi connectivity index (χ1n) is 12.0. The molecule has 5 rings (SSSR count). The molecule has 0 bridgehead atoms. The lowest BCUT2D eigenvalue weighted by Crippen LogP contribution is -2.48. The molecule has 1 aromatic carbocycles. The van der Waals surface area contributed by atoms with Crippen LogP contribution >= 0.6 is 11.6 Å². The quantitative estimate of drug-likeness (QED) is 0.403. The van der Waals surface area contributed by atoms with Gasteiger partial charge < -0.3 is 26.2 Å². The molecule has 1 unspecified atom stereocenters. The fourth-order valence-corrected chi connectivity index (χ4v) is 5.00. The number of piperidine rings is 1. The molecule has 10 nitrogen and oxygen atoms in total. The number of primary amides is 1. The number of benzene rings is 1. The molecular weight excluding hydrogens is 496 g/mol. The Bertz CT molecular complexity index is 1350. The normalized spacial score (nSPS) is 18.3. The van der Waals surface area contributed by atoms with Crippen LogP contribution in [-0.2, 0) is 4.79 Å². The van der Waals surface area contributed by atoms with E-state index in [1.807, 2.05) is 4.90 Å². The molecule has 1 saturated heterocycles. The number of aliphatic hydroxyl groups is 1. The fourth-order valence-electron chi connectivity index (χ4n) is 4.89. The van der Waals surface area contributed by atoms with Gasteiger partial charge in [0.05, 0.1) is 17.7 Å². The van der Waals surface area contributed by atoms with E-state index in [0.717, 1.165) is 25.7 Å². The lowest BCUT2D eigenvalue weighted by atomic mass is 9.96. The third-order valence-corrected chi connectivity index (χ3v) is 7.18. The molecule has 11 heteroatoms. The van der Waals surface area contributed by atoms with Crippen molar-refractivity contribution in [1.29, 1.82) is 0 Å². The van der Waals surface area contributed by atoms with Crippen LogP contribution < -0.4 is 16.2 Å². The fraction of sp³-hybridized carbons (Fsp3) is 0.308. The van der Waals surface area contributed by atoms with Crippen LogP contribution in [0.2, 0.25) is 5.02 Å². The Labute approximate surface area is 218 Å². The number of rotatable bonds is 7. The van der Waals surface area contributed by atoms with E-state index in [2.05, 4.69) is 4.98 Å². The number of hydrogen-bond donors (Lipinski definition) is 3. The Morgan fingerprint density at radius 3 is 2.57 bits per heavy atom. The summed E-state index contributed by atoms with van der Waals surface area (Å²) in [4.78, 5) is 31.2. The second-order valence-corrected chi connectivity index (χ2v) is 9.75. The molecule has 3 heterocycles. The first-order chi connectivity index (χ1) is 17.8. The SMILES string of the molecule is NC(=O)c1c(-c2ccc(Oc3ccc(Cl)cn3)cc2)nn(C2CCC3(CC3)N(C(=O)/C=C/CO)C2)c1N. The molecule has 3 aromatic rings. The van der Waals surface area contributed by atoms with Crippen LogP contribution in [0, 0.1) is 0 Å². The number of nitrogens with zero attached hydrogens (tertiary/aromatic N) is 4. The molecule has 1 atom stereocenters. The molecule has 37 heavy (non-hydrogen) atoms. The van der Waals surface area contributed by atoms with Crippen LogP contribution in [0.4, 0.5) is 5.82 Å². The molecule has 5 N–H and O–H groups in total. The van der Waals surface area contributed by atoms with Crippen molar-refractivity contribution < 1.29 is 19.4 Å². The van der Waals surface area contributed by atoms with Crippen LogP contribution in [0.3, 0.4) is 0 Å². The first kappa shape index (κ1) is 24.8. The van der Waals surface area contributed by atoms with Gasteiger partial charge in [-0.2, -0.15) is 5.10 Å². The number of carbonyl (C=O) groups excluding carboxylic acids is 2. The monoisotopic (exact) mass is 522 g/mol. The number of anilines is 1. The van der Waals surface area contributed by atoms with Gasteiger partial charge in [-0.15, -0.1) is 0 Å². The van der Waals surface area contributed by atoms with Crippen LogP contribution in [-0.4, -0.2) is 55.3 Å². The van der Waals surface area contributed by atoms with Crippen molar-refractivity contribution in [3.63, 3.8) is 0 Å². The second kappa shape index (κ2) is 9.87. The molecule has 192 valence electrons. The summed E-state index contributed by atoms with van der Waals surface area (Å²) in [5.74, 6) is 0.268. The molecule has 2 fully saturated rings. The predicted octanol–water partition coefficient (Wildman–Crippen LogP) is 3.32. The Morgan fingerprint density at radius 1 is 1.19 bits per heavy atom. The van der Waals surface area contributed by atoms with Crippen LogP contribution in [0.5, 0.6) is 11.6 Å². The lowest BCUT2D eigenvalue weighted by Gasteiger charge is -2.40. The summed E-state index contributed by atoms with van der Waals surface area (Å²) < 4.78 is 7.36. The zero-order valence-electron chi connectivity index (χ0n) is 20.0. The maximum atomic E-state index is 12.8. The smallest absolute Gasteiger partial charge is 0.254 e. The minimum Gasteiger partial charge on any atom is -0.439 e. The maximum Gasteiger partial charge on any atom is 0.254 e. The Morgan fingerprint density at radius 2 is 1.95 bits per heavy atom. The van der Waals surface area contributed by atoms with E-state index in [1.54, 1.807) is 41.1 Å². The van der Waals surface area contributed by atoms with Gasteiger partial charge in [0, 0.05) is 36.0 Å². The predicted molar refractivity (Wildman–Crippen MR) is 138 cm³/mol. The standard InChI is InChI=1S/C26H27ClN6O4/c27-17-5-8-20(30-14-17)37-19-6-3-16(4-7-19)23-22(25(29)36)24(28)33(31-23)18-9-10-26(11-12-26)32(15-18)21(35)2-1-13-34/h1-8,14,18,34H,9-13,15,28H2,(H2,29,36)/b2-1+. The average molecular weight is 523 g/mol. The number of aliphatic hydroxyl groups excluding tert-OH is 1. The van der Waals surface area contributed by atoms with Crippen molar-refractivity contribution >= 4 is 29.2 Å². The van der Waals surface area contributed by atoms with Crippen molar-refractivity contribution in [1.82, 2.24) is 19.7 Å². The Kier molecular flexibility index (Phi) is 6.61. The average Bonchev–Trinajstić information content (AvgIpc) is 3.57. The summed E-state index contributed by atoms with van der Waals surface area (Å²) in [6.45, 7) is 0.201. The number of nitrogen functional groups attached to an aromatic ring is 1. The Hall–Kier alpha value is -3.89. The number of aromatic nitrogens is 3. The summed E-state index contributed by atoms with van der Waals surface area (Å²) >= 11 is 5.87. The van der Waals surface area contributed by atoms with Gasteiger partial charge in [-0.3, -0.25) is 9.59 Å². The van der Waals surface area contributed by atoms with Gasteiger partial charge in [0.1, 0.15) is 22.8 Å². The molecule has 1 saturated carbocycles. The second-order valence-electron chi connectivity index (χ2n) is 9.31. The number of pyridine rings is 1. The summed E-state index contributed by atoms with van der Waals surface area (Å²) in [6.07, 6.45) is 7.80. The zero-order valence-corrected chi connectivity index (χ0v) is 20.8. The molecule has 1 spiro atoms. The van der Waals surface area contributed by atoms with E-state index < -0.39 is 5.91 Å². The van der Waals surface area contributed by atoms with E-state index in [4.69, 9.17) is 38.0 Å². The lowest BCUT2D eigenvalue weighted by molar-refractivity contribution is -0.131. The van der Waals surface area contributed by atoms with E-state index in [-0.39, 0.29) is 35.5 Å². The molecule has 1 aliphatic carbocycles. The van der Waals surface area contributed by atoms with Gasteiger partial charge in [0.15, 0.2) is 0 Å². The number of halogens is 1. The number of likely N-dealkylation sites (tertiary alicyclic amines) is 1. The van der Waals surface area contributed by atoms with Crippen LogP contribution in [0.1, 0.15) is 42.1 Å². The molecular formula is C26H27ClN6O4. The Balaban J connectivity index is 1.41. The van der Waals surface area contributed by atoms with Gasteiger partial charge >= 0.3 is 0 Å². The summed E-state index contributed by atoms with van der Waals surface area (Å²) in [5.41, 5.74) is 13.1. The van der Waals surface area contributed by atoms with Crippen molar-refractivity contribution in [2.24, 2.45) is 5.73 Å². The third kappa shape index (κ3) is 4.90. The highest BCUT2D eigenvalue weighted by atomic mass is 35.5. The van der Waals surface area contributed by atoms with Crippen molar-refractivity contribution in [3.05, 3.63) is 65.3 Å². The highest BCUT2D eigenvalue weighted by molar-refractivity contribution is 6.30. The van der Waals surface area contributed by atoms with E-state index in [1.165, 1.54) is 18.3 Å². The molecule has 2 aliphatic rings. The van der Waals surface area contributed by atoms with Crippen LogP contribution in [0.25, 0.3) is 11.3 Å². The number of amides is 2. The summed E-state index contributed by atoms with van der Waals surface area (Å²) in [7, 11) is 0. The minimum atomic E-state index is -0.683. The van der Waals surface area contributed by atoms with Gasteiger partial charge in [0.2, 0.25) is 11.8 Å². The van der Waals surface area contributed by atoms with E-state index in [0.29, 0.717) is 34.5 Å². The minimum absolute atomic E-state index is 0.137. The summed E-state index contributed by atoms with van der Waals surface area (Å²) in [5, 5.41) is 14.3. The zero-order chi connectivity index (χ0) is 26.2. The van der Waals surface area contributed by atoms with Gasteiger partial charge in [-0.1, -0.05) is 17.7 Å².